The molecule has 2 rings (SSSR count). The lowest BCUT2D eigenvalue weighted by Crippen LogP contribution is -2.12. The third kappa shape index (κ3) is 2.97. The van der Waals surface area contributed by atoms with Gasteiger partial charge in [-0.05, 0) is 34.1 Å². The Balaban J connectivity index is 2.26. The van der Waals surface area contributed by atoms with Gasteiger partial charge in [0.2, 0.25) is 0 Å². The molecule has 7 heteroatoms. The Morgan fingerprint density at radius 2 is 2.11 bits per heavy atom. The van der Waals surface area contributed by atoms with Gasteiger partial charge in [0, 0.05) is 0 Å². The van der Waals surface area contributed by atoms with E-state index in [2.05, 4.69) is 26.2 Å². The number of phenolic OH excluding ortho intramolecular Hbond substituents is 2. The van der Waals surface area contributed by atoms with Crippen LogP contribution in [0.3, 0.4) is 0 Å². The number of amides is 1. The first-order valence-electron chi connectivity index (χ1n) is 5.12. The van der Waals surface area contributed by atoms with Gasteiger partial charge in [0.05, 0.1) is 21.9 Å². The summed E-state index contributed by atoms with van der Waals surface area (Å²) in [5.74, 6) is -1.39. The van der Waals surface area contributed by atoms with E-state index in [1.807, 2.05) is 0 Å². The third-order valence-electron chi connectivity index (χ3n) is 2.31. The van der Waals surface area contributed by atoms with Crippen molar-refractivity contribution in [1.82, 2.24) is 4.98 Å². The topological polar surface area (TPSA) is 82.5 Å². The maximum Gasteiger partial charge on any atom is 0.259 e. The molecule has 0 radical (unpaired) electrons. The van der Waals surface area contributed by atoms with Crippen LogP contribution in [0.5, 0.6) is 11.5 Å². The van der Waals surface area contributed by atoms with E-state index in [0.29, 0.717) is 10.2 Å². The Morgan fingerprint density at radius 3 is 2.79 bits per heavy atom. The fourth-order valence-electron chi connectivity index (χ4n) is 1.40. The number of rotatable bonds is 2. The molecule has 1 amide bonds. The van der Waals surface area contributed by atoms with Crippen LogP contribution in [0.4, 0.5) is 5.69 Å². The molecule has 5 nitrogen and oxygen atoms in total. The average Bonchev–Trinajstić information content (AvgIpc) is 2.37. The molecule has 1 aromatic heterocycles. The summed E-state index contributed by atoms with van der Waals surface area (Å²) in [6, 6.07) is 5.71. The number of pyridine rings is 1. The highest BCUT2D eigenvalue weighted by atomic mass is 79.9. The lowest BCUT2D eigenvalue weighted by Gasteiger charge is -2.08. The van der Waals surface area contributed by atoms with Crippen LogP contribution in [0.25, 0.3) is 0 Å². The molecule has 3 N–H and O–H groups in total. The number of carbonyl (C=O) groups excluding carboxylic acids is 1. The number of hydrogen-bond acceptors (Lipinski definition) is 4. The fraction of sp³-hybridized carbons (Fsp3) is 0. The van der Waals surface area contributed by atoms with Crippen molar-refractivity contribution in [2.45, 2.75) is 0 Å². The molecule has 0 saturated heterocycles. The molecule has 98 valence electrons. The molecule has 0 aliphatic rings. The van der Waals surface area contributed by atoms with Crippen LogP contribution in [0.1, 0.15) is 10.4 Å². The van der Waals surface area contributed by atoms with E-state index >= 15 is 0 Å². The molecule has 0 unspecified atom stereocenters. The summed E-state index contributed by atoms with van der Waals surface area (Å²) >= 11 is 8.92. The fourth-order valence-corrected chi connectivity index (χ4v) is 1.85. The van der Waals surface area contributed by atoms with Gasteiger partial charge in [0.1, 0.15) is 5.15 Å². The van der Waals surface area contributed by atoms with Crippen molar-refractivity contribution in [2.24, 2.45) is 0 Å². The minimum Gasteiger partial charge on any atom is -0.504 e. The molecule has 0 atom stereocenters. The van der Waals surface area contributed by atoms with Gasteiger partial charge >= 0.3 is 0 Å². The molecule has 0 aliphatic carbocycles. The quantitative estimate of drug-likeness (QED) is 0.578. The highest BCUT2D eigenvalue weighted by Crippen LogP contribution is 2.29. The van der Waals surface area contributed by atoms with E-state index in [4.69, 9.17) is 11.6 Å². The van der Waals surface area contributed by atoms with Gasteiger partial charge in [-0.3, -0.25) is 4.79 Å². The normalized spacial score (nSPS) is 10.2. The molecule has 0 aliphatic heterocycles. The van der Waals surface area contributed by atoms with E-state index in [-0.39, 0.29) is 16.5 Å². The second-order valence-corrected chi connectivity index (χ2v) is 4.84. The Hall–Kier alpha value is -1.79. The van der Waals surface area contributed by atoms with E-state index in [9.17, 15) is 15.0 Å². The summed E-state index contributed by atoms with van der Waals surface area (Å²) in [6.07, 6.45) is 1.38. The van der Waals surface area contributed by atoms with Gasteiger partial charge in [0.25, 0.3) is 5.91 Å². The summed E-state index contributed by atoms with van der Waals surface area (Å²) in [5, 5.41) is 21.7. The standard InChI is InChI=1S/C12H8BrClN2O3/c13-8-4-6(5-15-11(8)14)16-12(19)7-2-1-3-9(17)10(7)18/h1-5,17-18H,(H,16,19). The maximum absolute atomic E-state index is 11.9. The largest absolute Gasteiger partial charge is 0.504 e. The summed E-state index contributed by atoms with van der Waals surface area (Å²) in [5.41, 5.74) is 0.370. The molecule has 0 fully saturated rings. The number of anilines is 1. The number of nitrogens with one attached hydrogen (secondary N) is 1. The van der Waals surface area contributed by atoms with Gasteiger partial charge in [-0.2, -0.15) is 0 Å². The number of para-hydroxylation sites is 1. The maximum atomic E-state index is 11.9. The predicted octanol–water partition coefficient (Wildman–Crippen LogP) is 3.16. The van der Waals surface area contributed by atoms with Crippen LogP contribution in [-0.4, -0.2) is 21.1 Å². The van der Waals surface area contributed by atoms with E-state index < -0.39 is 11.7 Å². The highest BCUT2D eigenvalue weighted by Gasteiger charge is 2.14. The molecule has 1 aromatic carbocycles. The molecule has 0 bridgehead atoms. The summed E-state index contributed by atoms with van der Waals surface area (Å²) in [4.78, 5) is 15.8. The van der Waals surface area contributed by atoms with Crippen molar-refractivity contribution in [2.75, 3.05) is 5.32 Å². The molecule has 0 spiro atoms. The van der Waals surface area contributed by atoms with Crippen molar-refractivity contribution in [3.05, 3.63) is 45.7 Å². The minimum absolute atomic E-state index is 0.0360. The summed E-state index contributed by atoms with van der Waals surface area (Å²) < 4.78 is 0.534. The first kappa shape index (κ1) is 13.6. The zero-order chi connectivity index (χ0) is 14.0. The molecular weight excluding hydrogens is 336 g/mol. The Kier molecular flexibility index (Phi) is 3.92. The third-order valence-corrected chi connectivity index (χ3v) is 3.45. The van der Waals surface area contributed by atoms with E-state index in [1.54, 1.807) is 6.07 Å². The number of phenols is 2. The monoisotopic (exact) mass is 342 g/mol. The smallest absolute Gasteiger partial charge is 0.259 e. The number of benzene rings is 1. The SMILES string of the molecule is O=C(Nc1cnc(Cl)c(Br)c1)c1cccc(O)c1O. The van der Waals surface area contributed by atoms with Crippen LogP contribution in [0.15, 0.2) is 34.9 Å². The van der Waals surface area contributed by atoms with E-state index in [1.165, 1.54) is 24.4 Å². The Morgan fingerprint density at radius 1 is 1.37 bits per heavy atom. The zero-order valence-corrected chi connectivity index (χ0v) is 11.7. The number of nitrogens with zero attached hydrogens (tertiary/aromatic N) is 1. The Labute approximate surface area is 122 Å². The second kappa shape index (κ2) is 5.46. The summed E-state index contributed by atoms with van der Waals surface area (Å²) in [6.45, 7) is 0. The highest BCUT2D eigenvalue weighted by molar-refractivity contribution is 9.10. The van der Waals surface area contributed by atoms with Crippen molar-refractivity contribution in [3.8, 4) is 11.5 Å². The molecular formula is C12H8BrClN2O3. The second-order valence-electron chi connectivity index (χ2n) is 3.62. The van der Waals surface area contributed by atoms with Crippen LogP contribution in [0, 0.1) is 0 Å². The first-order chi connectivity index (χ1) is 8.99. The molecule has 19 heavy (non-hydrogen) atoms. The van der Waals surface area contributed by atoms with Crippen LogP contribution in [-0.2, 0) is 0 Å². The molecule has 2 aromatic rings. The number of aromatic nitrogens is 1. The first-order valence-corrected chi connectivity index (χ1v) is 6.29. The Bertz CT molecular complexity index is 649. The minimum atomic E-state index is -0.565. The lowest BCUT2D eigenvalue weighted by molar-refractivity contribution is 0.102. The van der Waals surface area contributed by atoms with Gasteiger partial charge in [-0.1, -0.05) is 17.7 Å². The van der Waals surface area contributed by atoms with Gasteiger partial charge in [-0.25, -0.2) is 4.98 Å². The van der Waals surface area contributed by atoms with Crippen molar-refractivity contribution in [3.63, 3.8) is 0 Å². The molecule has 0 saturated carbocycles. The van der Waals surface area contributed by atoms with Gasteiger partial charge in [0.15, 0.2) is 11.5 Å². The van der Waals surface area contributed by atoms with Crippen molar-refractivity contribution >= 4 is 39.1 Å². The van der Waals surface area contributed by atoms with E-state index in [0.717, 1.165) is 0 Å². The predicted molar refractivity (Wildman–Crippen MR) is 74.7 cm³/mol. The summed E-state index contributed by atoms with van der Waals surface area (Å²) in [7, 11) is 0. The molecule has 1 heterocycles. The van der Waals surface area contributed by atoms with Crippen LogP contribution < -0.4 is 5.32 Å². The number of halogens is 2. The average molecular weight is 344 g/mol. The van der Waals surface area contributed by atoms with Gasteiger partial charge in [-0.15, -0.1) is 0 Å². The van der Waals surface area contributed by atoms with Crippen LogP contribution in [0.2, 0.25) is 5.15 Å². The van der Waals surface area contributed by atoms with Crippen molar-refractivity contribution < 1.29 is 15.0 Å². The lowest BCUT2D eigenvalue weighted by atomic mass is 10.1. The van der Waals surface area contributed by atoms with Crippen LogP contribution >= 0.6 is 27.5 Å². The number of hydrogen-bond donors (Lipinski definition) is 3. The zero-order valence-electron chi connectivity index (χ0n) is 9.39. The number of carbonyl (C=O) groups is 1. The van der Waals surface area contributed by atoms with Gasteiger partial charge < -0.3 is 15.5 Å². The van der Waals surface area contributed by atoms with Crippen molar-refractivity contribution in [1.29, 1.82) is 0 Å². The number of aromatic hydroxyl groups is 2.